The molecule has 0 saturated heterocycles. The van der Waals surface area contributed by atoms with E-state index in [1.807, 2.05) is 7.05 Å². The maximum absolute atomic E-state index is 12.7. The first-order valence-electron chi connectivity index (χ1n) is 8.54. The molecule has 1 aromatic carbocycles. The number of hydrogen-bond acceptors (Lipinski definition) is 4. The fourth-order valence-corrected chi connectivity index (χ4v) is 3.35. The van der Waals surface area contributed by atoms with Gasteiger partial charge in [0, 0.05) is 36.5 Å². The van der Waals surface area contributed by atoms with Gasteiger partial charge in [-0.15, -0.1) is 0 Å². The van der Waals surface area contributed by atoms with E-state index in [4.69, 9.17) is 0 Å². The molecule has 0 bridgehead atoms. The molecule has 0 atom stereocenters. The highest BCUT2D eigenvalue weighted by atomic mass is 16.6. The zero-order chi connectivity index (χ0) is 18.0. The predicted octanol–water partition coefficient (Wildman–Crippen LogP) is 4.00. The molecule has 1 amide bonds. The number of hydrogen-bond donors (Lipinski definition) is 0. The summed E-state index contributed by atoms with van der Waals surface area (Å²) < 4.78 is 1.45. The largest absolute Gasteiger partial charge is 0.329 e. The Bertz CT molecular complexity index is 793. The van der Waals surface area contributed by atoms with Crippen molar-refractivity contribution < 1.29 is 9.72 Å². The van der Waals surface area contributed by atoms with Crippen LogP contribution in [-0.4, -0.2) is 38.5 Å². The lowest BCUT2D eigenvalue weighted by molar-refractivity contribution is -0.385. The molecule has 132 valence electrons. The van der Waals surface area contributed by atoms with Crippen LogP contribution in [0, 0.1) is 17.0 Å². The third-order valence-corrected chi connectivity index (χ3v) is 4.93. The summed E-state index contributed by atoms with van der Waals surface area (Å²) in [5, 5.41) is 11.1. The molecule has 7 nitrogen and oxygen atoms in total. The van der Waals surface area contributed by atoms with Gasteiger partial charge in [-0.2, -0.15) is 0 Å². The number of nitrogens with zero attached hydrogens (tertiary/aromatic N) is 4. The monoisotopic (exact) mass is 342 g/mol. The van der Waals surface area contributed by atoms with Crippen molar-refractivity contribution in [1.29, 1.82) is 0 Å². The molecule has 7 heteroatoms. The Morgan fingerprint density at radius 2 is 2.04 bits per heavy atom. The van der Waals surface area contributed by atoms with Gasteiger partial charge in [0.25, 0.3) is 5.69 Å². The number of nitro groups is 1. The zero-order valence-corrected chi connectivity index (χ0v) is 14.5. The van der Waals surface area contributed by atoms with Crippen LogP contribution in [0.5, 0.6) is 0 Å². The van der Waals surface area contributed by atoms with E-state index >= 15 is 0 Å². The van der Waals surface area contributed by atoms with Gasteiger partial charge in [0.2, 0.25) is 0 Å². The van der Waals surface area contributed by atoms with Crippen molar-refractivity contribution in [2.75, 3.05) is 7.05 Å². The summed E-state index contributed by atoms with van der Waals surface area (Å²) >= 11 is 0. The van der Waals surface area contributed by atoms with Crippen molar-refractivity contribution in [3.05, 3.63) is 46.4 Å². The molecule has 0 aliphatic heterocycles. The van der Waals surface area contributed by atoms with Crippen LogP contribution < -0.4 is 0 Å². The van der Waals surface area contributed by atoms with E-state index < -0.39 is 4.92 Å². The minimum absolute atomic E-state index is 0.0534. The molecular weight excluding hydrogens is 320 g/mol. The SMILES string of the molecule is Cc1ccc(-c2cn(C(=O)N(C)C3CCCCC3)cn2)cc1[N+](=O)[O-]. The van der Waals surface area contributed by atoms with E-state index in [0.29, 0.717) is 16.8 Å². The fourth-order valence-electron chi connectivity index (χ4n) is 3.35. The molecule has 1 fully saturated rings. The van der Waals surface area contributed by atoms with Crippen molar-refractivity contribution in [1.82, 2.24) is 14.5 Å². The number of imidazole rings is 1. The molecule has 0 N–H and O–H groups in total. The molecule has 1 aliphatic rings. The van der Waals surface area contributed by atoms with Crippen LogP contribution in [0.25, 0.3) is 11.3 Å². The predicted molar refractivity (Wildman–Crippen MR) is 94.5 cm³/mol. The third-order valence-electron chi connectivity index (χ3n) is 4.93. The number of amides is 1. The van der Waals surface area contributed by atoms with Crippen LogP contribution in [0.15, 0.2) is 30.7 Å². The number of aromatic nitrogens is 2. The summed E-state index contributed by atoms with van der Waals surface area (Å²) in [6.07, 6.45) is 8.73. The van der Waals surface area contributed by atoms with Crippen LogP contribution in [0.1, 0.15) is 37.7 Å². The van der Waals surface area contributed by atoms with E-state index in [1.165, 1.54) is 23.4 Å². The van der Waals surface area contributed by atoms with Gasteiger partial charge in [-0.1, -0.05) is 31.4 Å². The highest BCUT2D eigenvalue weighted by molar-refractivity contribution is 5.78. The first-order valence-corrected chi connectivity index (χ1v) is 8.54. The van der Waals surface area contributed by atoms with E-state index in [0.717, 1.165) is 25.7 Å². The number of rotatable bonds is 3. The Balaban J connectivity index is 1.81. The molecule has 1 aliphatic carbocycles. The maximum atomic E-state index is 12.7. The van der Waals surface area contributed by atoms with Crippen LogP contribution >= 0.6 is 0 Å². The molecule has 1 heterocycles. The zero-order valence-electron chi connectivity index (χ0n) is 14.5. The van der Waals surface area contributed by atoms with Crippen LogP contribution in [-0.2, 0) is 0 Å². The molecule has 0 radical (unpaired) electrons. The Labute approximate surface area is 146 Å². The molecule has 1 aromatic heterocycles. The summed E-state index contributed by atoms with van der Waals surface area (Å²) in [4.78, 5) is 29.4. The second-order valence-electron chi connectivity index (χ2n) is 6.61. The van der Waals surface area contributed by atoms with E-state index in [1.54, 1.807) is 30.2 Å². The number of aryl methyl sites for hydroxylation is 1. The third kappa shape index (κ3) is 3.55. The van der Waals surface area contributed by atoms with Gasteiger partial charge < -0.3 is 4.90 Å². The Morgan fingerprint density at radius 1 is 1.32 bits per heavy atom. The quantitative estimate of drug-likeness (QED) is 0.623. The van der Waals surface area contributed by atoms with Crippen molar-refractivity contribution in [3.8, 4) is 11.3 Å². The van der Waals surface area contributed by atoms with Crippen LogP contribution in [0.3, 0.4) is 0 Å². The van der Waals surface area contributed by atoms with Gasteiger partial charge in [0.1, 0.15) is 6.33 Å². The second-order valence-corrected chi connectivity index (χ2v) is 6.61. The van der Waals surface area contributed by atoms with Gasteiger partial charge in [0.15, 0.2) is 0 Å². The number of benzene rings is 1. The number of carbonyl (C=O) groups excluding carboxylic acids is 1. The summed E-state index contributed by atoms with van der Waals surface area (Å²) in [5.41, 5.74) is 1.83. The summed E-state index contributed by atoms with van der Waals surface area (Å²) in [6, 6.07) is 5.13. The van der Waals surface area contributed by atoms with E-state index in [9.17, 15) is 14.9 Å². The molecular formula is C18H22N4O3. The average Bonchev–Trinajstić information content (AvgIpc) is 3.11. The van der Waals surface area contributed by atoms with Crippen molar-refractivity contribution in [2.24, 2.45) is 0 Å². The summed E-state index contributed by atoms with van der Waals surface area (Å²) in [7, 11) is 1.83. The fraction of sp³-hybridized carbons (Fsp3) is 0.444. The van der Waals surface area contributed by atoms with Crippen molar-refractivity contribution in [2.45, 2.75) is 45.1 Å². The Hall–Kier alpha value is -2.70. The van der Waals surface area contributed by atoms with Gasteiger partial charge in [0.05, 0.1) is 10.6 Å². The molecule has 25 heavy (non-hydrogen) atoms. The standard InChI is InChI=1S/C18H22N4O3/c1-13-8-9-14(10-17(13)22(24)25)16-11-21(12-19-16)18(23)20(2)15-6-4-3-5-7-15/h8-12,15H,3-7H2,1-2H3. The molecule has 0 unspecified atom stereocenters. The van der Waals surface area contributed by atoms with Crippen LogP contribution in [0.4, 0.5) is 10.5 Å². The summed E-state index contributed by atoms with van der Waals surface area (Å²) in [6.45, 7) is 1.70. The number of nitro benzene ring substituents is 1. The lowest BCUT2D eigenvalue weighted by Gasteiger charge is -2.31. The minimum atomic E-state index is -0.405. The first-order chi connectivity index (χ1) is 12.0. The van der Waals surface area contributed by atoms with E-state index in [2.05, 4.69) is 4.98 Å². The topological polar surface area (TPSA) is 81.3 Å². The van der Waals surface area contributed by atoms with Gasteiger partial charge >= 0.3 is 6.03 Å². The van der Waals surface area contributed by atoms with E-state index in [-0.39, 0.29) is 17.8 Å². The normalized spacial score (nSPS) is 15.1. The Kier molecular flexibility index (Phi) is 4.83. The Morgan fingerprint density at radius 3 is 2.72 bits per heavy atom. The van der Waals surface area contributed by atoms with Gasteiger partial charge in [-0.05, 0) is 19.8 Å². The van der Waals surface area contributed by atoms with Gasteiger partial charge in [-0.3, -0.25) is 14.7 Å². The number of carbonyl (C=O) groups is 1. The second kappa shape index (κ2) is 7.04. The van der Waals surface area contributed by atoms with Crippen molar-refractivity contribution in [3.63, 3.8) is 0 Å². The average molecular weight is 342 g/mol. The minimum Gasteiger partial charge on any atom is -0.324 e. The smallest absolute Gasteiger partial charge is 0.324 e. The molecule has 2 aromatic rings. The molecule has 0 spiro atoms. The van der Waals surface area contributed by atoms with Crippen molar-refractivity contribution >= 4 is 11.7 Å². The highest BCUT2D eigenvalue weighted by Crippen LogP contribution is 2.26. The maximum Gasteiger partial charge on any atom is 0.329 e. The van der Waals surface area contributed by atoms with Gasteiger partial charge in [-0.25, -0.2) is 9.78 Å². The lowest BCUT2D eigenvalue weighted by Crippen LogP contribution is -2.40. The highest BCUT2D eigenvalue weighted by Gasteiger charge is 2.23. The molecule has 1 saturated carbocycles. The lowest BCUT2D eigenvalue weighted by atomic mass is 9.95. The van der Waals surface area contributed by atoms with Crippen LogP contribution in [0.2, 0.25) is 0 Å². The molecule has 3 rings (SSSR count). The first kappa shape index (κ1) is 17.1. The summed E-state index contributed by atoms with van der Waals surface area (Å²) in [5.74, 6) is 0.